The number of rotatable bonds is 4. The third-order valence-electron chi connectivity index (χ3n) is 3.08. The average Bonchev–Trinajstić information content (AvgIpc) is 3.00. The first-order chi connectivity index (χ1) is 10.3. The molecule has 21 heavy (non-hydrogen) atoms. The number of benzene rings is 1. The first-order valence-electron chi connectivity index (χ1n) is 6.77. The number of nitrogens with two attached hydrogens (primary N) is 1. The Bertz CT molecular complexity index is 737. The number of nitrogen functional groups attached to an aromatic ring is 1. The van der Waals surface area contributed by atoms with Gasteiger partial charge in [-0.2, -0.15) is 10.1 Å². The van der Waals surface area contributed by atoms with Gasteiger partial charge in [0.15, 0.2) is 5.82 Å². The van der Waals surface area contributed by atoms with Crippen LogP contribution in [0.1, 0.15) is 6.92 Å². The summed E-state index contributed by atoms with van der Waals surface area (Å²) in [7, 11) is 0. The molecule has 0 aliphatic carbocycles. The highest BCUT2D eigenvalue weighted by atomic mass is 16.5. The van der Waals surface area contributed by atoms with Gasteiger partial charge in [0, 0.05) is 11.8 Å². The standard InChI is InChI=1S/C16H16N4O/c1-2-21-16-14(17)8-9-15(19-16)20-11-13(10-18-20)12-6-4-3-5-7-12/h3-11H,2,17H2,1H3. The van der Waals surface area contributed by atoms with E-state index < -0.39 is 0 Å². The predicted molar refractivity (Wildman–Crippen MR) is 82.4 cm³/mol. The van der Waals surface area contributed by atoms with Gasteiger partial charge in [-0.25, -0.2) is 4.68 Å². The third kappa shape index (κ3) is 2.72. The first kappa shape index (κ1) is 13.2. The molecule has 0 spiro atoms. The van der Waals surface area contributed by atoms with Crippen LogP contribution in [0.4, 0.5) is 5.69 Å². The van der Waals surface area contributed by atoms with E-state index in [1.807, 2.05) is 55.7 Å². The first-order valence-corrected chi connectivity index (χ1v) is 6.77. The Morgan fingerprint density at radius 2 is 1.90 bits per heavy atom. The Morgan fingerprint density at radius 1 is 1.10 bits per heavy atom. The Morgan fingerprint density at radius 3 is 2.67 bits per heavy atom. The van der Waals surface area contributed by atoms with Crippen molar-refractivity contribution in [3.05, 3.63) is 54.9 Å². The van der Waals surface area contributed by atoms with E-state index in [2.05, 4.69) is 10.1 Å². The van der Waals surface area contributed by atoms with Crippen LogP contribution in [0.25, 0.3) is 16.9 Å². The monoisotopic (exact) mass is 280 g/mol. The fourth-order valence-corrected chi connectivity index (χ4v) is 2.05. The molecular formula is C16H16N4O. The molecule has 2 N–H and O–H groups in total. The quantitative estimate of drug-likeness (QED) is 0.798. The van der Waals surface area contributed by atoms with E-state index in [9.17, 15) is 0 Å². The van der Waals surface area contributed by atoms with E-state index in [0.29, 0.717) is 24.0 Å². The lowest BCUT2D eigenvalue weighted by Gasteiger charge is -2.07. The molecule has 0 aliphatic heterocycles. The molecule has 2 heterocycles. The van der Waals surface area contributed by atoms with Crippen molar-refractivity contribution in [1.82, 2.24) is 14.8 Å². The Kier molecular flexibility index (Phi) is 3.55. The summed E-state index contributed by atoms with van der Waals surface area (Å²) in [6.07, 6.45) is 3.75. The fourth-order valence-electron chi connectivity index (χ4n) is 2.05. The molecule has 5 heteroatoms. The van der Waals surface area contributed by atoms with Crippen molar-refractivity contribution >= 4 is 5.69 Å². The molecule has 0 saturated carbocycles. The molecule has 0 bridgehead atoms. The summed E-state index contributed by atoms with van der Waals surface area (Å²) in [5.41, 5.74) is 8.51. The van der Waals surface area contributed by atoms with Crippen LogP contribution in [-0.2, 0) is 0 Å². The second kappa shape index (κ2) is 5.66. The summed E-state index contributed by atoms with van der Waals surface area (Å²) in [6, 6.07) is 13.7. The fraction of sp³-hybridized carbons (Fsp3) is 0.125. The summed E-state index contributed by atoms with van der Waals surface area (Å²) in [5.74, 6) is 1.11. The molecule has 2 aromatic heterocycles. The highest BCUT2D eigenvalue weighted by Gasteiger charge is 2.07. The maximum Gasteiger partial charge on any atom is 0.239 e. The highest BCUT2D eigenvalue weighted by Crippen LogP contribution is 2.22. The second-order valence-electron chi connectivity index (χ2n) is 4.54. The van der Waals surface area contributed by atoms with Crippen LogP contribution in [0, 0.1) is 0 Å². The number of nitrogens with zero attached hydrogens (tertiary/aromatic N) is 3. The van der Waals surface area contributed by atoms with Crippen LogP contribution in [0.2, 0.25) is 0 Å². The van der Waals surface area contributed by atoms with Crippen molar-refractivity contribution in [2.75, 3.05) is 12.3 Å². The van der Waals surface area contributed by atoms with E-state index in [0.717, 1.165) is 11.1 Å². The molecule has 0 aliphatic rings. The van der Waals surface area contributed by atoms with Crippen molar-refractivity contribution in [2.45, 2.75) is 6.92 Å². The second-order valence-corrected chi connectivity index (χ2v) is 4.54. The van der Waals surface area contributed by atoms with Gasteiger partial charge in [-0.05, 0) is 24.6 Å². The van der Waals surface area contributed by atoms with Gasteiger partial charge in [0.1, 0.15) is 0 Å². The summed E-state index contributed by atoms with van der Waals surface area (Å²) >= 11 is 0. The van der Waals surface area contributed by atoms with Gasteiger partial charge < -0.3 is 10.5 Å². The zero-order valence-corrected chi connectivity index (χ0v) is 11.7. The van der Waals surface area contributed by atoms with E-state index in [4.69, 9.17) is 10.5 Å². The molecule has 0 atom stereocenters. The van der Waals surface area contributed by atoms with Gasteiger partial charge in [-0.15, -0.1) is 0 Å². The lowest BCUT2D eigenvalue weighted by atomic mass is 10.1. The maximum absolute atomic E-state index is 5.83. The Labute approximate surface area is 123 Å². The molecule has 3 aromatic rings. The van der Waals surface area contributed by atoms with Gasteiger partial charge in [0.05, 0.1) is 18.5 Å². The number of pyridine rings is 1. The van der Waals surface area contributed by atoms with E-state index >= 15 is 0 Å². The highest BCUT2D eigenvalue weighted by molar-refractivity contribution is 5.62. The Balaban J connectivity index is 1.95. The van der Waals surface area contributed by atoms with E-state index in [1.54, 1.807) is 10.7 Å². The molecule has 0 unspecified atom stereocenters. The minimum absolute atomic E-state index is 0.437. The average molecular weight is 280 g/mol. The zero-order valence-electron chi connectivity index (χ0n) is 11.7. The van der Waals surface area contributed by atoms with Crippen molar-refractivity contribution in [3.8, 4) is 22.8 Å². The predicted octanol–water partition coefficient (Wildman–Crippen LogP) is 2.92. The molecular weight excluding hydrogens is 264 g/mol. The summed E-state index contributed by atoms with van der Waals surface area (Å²) in [5, 5.41) is 4.35. The molecule has 0 saturated heterocycles. The lowest BCUT2D eigenvalue weighted by molar-refractivity contribution is 0.328. The van der Waals surface area contributed by atoms with Crippen molar-refractivity contribution in [3.63, 3.8) is 0 Å². The largest absolute Gasteiger partial charge is 0.476 e. The molecule has 5 nitrogen and oxygen atoms in total. The summed E-state index contributed by atoms with van der Waals surface area (Å²) in [6.45, 7) is 2.42. The lowest BCUT2D eigenvalue weighted by Crippen LogP contribution is -2.04. The van der Waals surface area contributed by atoms with Gasteiger partial charge >= 0.3 is 0 Å². The third-order valence-corrected chi connectivity index (χ3v) is 3.08. The van der Waals surface area contributed by atoms with Gasteiger partial charge in [-0.1, -0.05) is 30.3 Å². The topological polar surface area (TPSA) is 66.0 Å². The van der Waals surface area contributed by atoms with Crippen LogP contribution in [0.5, 0.6) is 5.88 Å². The zero-order chi connectivity index (χ0) is 14.7. The SMILES string of the molecule is CCOc1nc(-n2cc(-c3ccccc3)cn2)ccc1N. The van der Waals surface area contributed by atoms with Gasteiger partial charge in [0.2, 0.25) is 5.88 Å². The van der Waals surface area contributed by atoms with E-state index in [-0.39, 0.29) is 0 Å². The van der Waals surface area contributed by atoms with Crippen molar-refractivity contribution < 1.29 is 4.74 Å². The minimum Gasteiger partial charge on any atom is -0.476 e. The molecule has 1 aromatic carbocycles. The number of anilines is 1. The number of hydrogen-bond acceptors (Lipinski definition) is 4. The van der Waals surface area contributed by atoms with Gasteiger partial charge in [0.25, 0.3) is 0 Å². The molecule has 0 amide bonds. The van der Waals surface area contributed by atoms with Gasteiger partial charge in [-0.3, -0.25) is 0 Å². The summed E-state index contributed by atoms with van der Waals surface area (Å²) in [4.78, 5) is 4.39. The van der Waals surface area contributed by atoms with Crippen LogP contribution in [0.15, 0.2) is 54.9 Å². The van der Waals surface area contributed by atoms with Crippen LogP contribution in [-0.4, -0.2) is 21.4 Å². The smallest absolute Gasteiger partial charge is 0.239 e. The maximum atomic E-state index is 5.83. The minimum atomic E-state index is 0.437. The number of aromatic nitrogens is 3. The molecule has 0 fully saturated rings. The molecule has 3 rings (SSSR count). The van der Waals surface area contributed by atoms with Crippen molar-refractivity contribution in [2.24, 2.45) is 0 Å². The normalized spacial score (nSPS) is 10.5. The molecule has 106 valence electrons. The van der Waals surface area contributed by atoms with Crippen LogP contribution in [0.3, 0.4) is 0 Å². The van der Waals surface area contributed by atoms with Crippen molar-refractivity contribution in [1.29, 1.82) is 0 Å². The van der Waals surface area contributed by atoms with Crippen LogP contribution < -0.4 is 10.5 Å². The van der Waals surface area contributed by atoms with E-state index in [1.165, 1.54) is 0 Å². The van der Waals surface area contributed by atoms with Crippen LogP contribution >= 0.6 is 0 Å². The Hall–Kier alpha value is -2.82. The number of hydrogen-bond donors (Lipinski definition) is 1. The molecule has 0 radical (unpaired) electrons. The summed E-state index contributed by atoms with van der Waals surface area (Å²) < 4.78 is 7.13. The number of ether oxygens (including phenoxy) is 1.